The first-order valence-corrected chi connectivity index (χ1v) is 7.62. The topological polar surface area (TPSA) is 92.7 Å². The summed E-state index contributed by atoms with van der Waals surface area (Å²) in [5.41, 5.74) is 0. The minimum atomic E-state index is -7.22. The predicted octanol–water partition coefficient (Wildman–Crippen LogP) is 2.30. The standard InChI is InChI=1S/C10H10F8O6S/c1-4-2-5(23-6(4)19)3-7(11,12)8(13,14)24-9(15,16)10(17,18)25(20,21)22/h4-5H,2-3H2,1H3,(H,20,21,22)/p-1. The van der Waals surface area contributed by atoms with Gasteiger partial charge < -0.3 is 9.29 Å². The third-order valence-electron chi connectivity index (χ3n) is 3.12. The van der Waals surface area contributed by atoms with Crippen LogP contribution in [0.5, 0.6) is 0 Å². The number of esters is 1. The largest absolute Gasteiger partial charge is 0.743 e. The van der Waals surface area contributed by atoms with Crippen LogP contribution in [0.1, 0.15) is 19.8 Å². The highest BCUT2D eigenvalue weighted by Gasteiger charge is 2.72. The molecule has 2 atom stereocenters. The van der Waals surface area contributed by atoms with E-state index in [1.54, 1.807) is 0 Å². The van der Waals surface area contributed by atoms with Crippen LogP contribution in [-0.4, -0.2) is 48.4 Å². The van der Waals surface area contributed by atoms with E-state index in [0.717, 1.165) is 0 Å². The average molecular weight is 409 g/mol. The normalized spacial score (nSPS) is 23.7. The van der Waals surface area contributed by atoms with Gasteiger partial charge in [-0.25, -0.2) is 13.2 Å². The van der Waals surface area contributed by atoms with Gasteiger partial charge in [0.1, 0.15) is 6.10 Å². The molecule has 0 aromatic rings. The molecule has 1 fully saturated rings. The highest BCUT2D eigenvalue weighted by Crippen LogP contribution is 2.48. The second-order valence-electron chi connectivity index (χ2n) is 5.21. The van der Waals surface area contributed by atoms with Crippen LogP contribution in [0.4, 0.5) is 35.1 Å². The first-order chi connectivity index (χ1) is 10.8. The number of cyclic esters (lactones) is 1. The van der Waals surface area contributed by atoms with Crippen molar-refractivity contribution in [3.63, 3.8) is 0 Å². The fourth-order valence-electron chi connectivity index (χ4n) is 1.79. The lowest BCUT2D eigenvalue weighted by Crippen LogP contribution is -2.56. The lowest BCUT2D eigenvalue weighted by molar-refractivity contribution is -0.457. The third-order valence-corrected chi connectivity index (χ3v) is 3.99. The Morgan fingerprint density at radius 2 is 1.60 bits per heavy atom. The Morgan fingerprint density at radius 1 is 1.12 bits per heavy atom. The molecule has 1 aliphatic heterocycles. The van der Waals surface area contributed by atoms with E-state index in [9.17, 15) is 52.9 Å². The molecule has 6 nitrogen and oxygen atoms in total. The lowest BCUT2D eigenvalue weighted by Gasteiger charge is -2.34. The van der Waals surface area contributed by atoms with Gasteiger partial charge in [0.15, 0.2) is 10.1 Å². The maximum absolute atomic E-state index is 13.5. The lowest BCUT2D eigenvalue weighted by atomic mass is 10.0. The Hall–Kier alpha value is -1.22. The van der Waals surface area contributed by atoms with E-state index in [1.807, 2.05) is 0 Å². The molecule has 1 heterocycles. The smallest absolute Gasteiger partial charge is 0.438 e. The minimum Gasteiger partial charge on any atom is -0.743 e. The second kappa shape index (κ2) is 6.19. The molecule has 0 amide bonds. The molecule has 0 N–H and O–H groups in total. The predicted molar refractivity (Wildman–Crippen MR) is 58.8 cm³/mol. The van der Waals surface area contributed by atoms with E-state index in [4.69, 9.17) is 0 Å². The molecule has 148 valence electrons. The molecule has 25 heavy (non-hydrogen) atoms. The number of halogens is 8. The molecule has 0 aromatic heterocycles. The highest BCUT2D eigenvalue weighted by molar-refractivity contribution is 7.86. The van der Waals surface area contributed by atoms with Crippen LogP contribution < -0.4 is 0 Å². The van der Waals surface area contributed by atoms with Crippen LogP contribution in [-0.2, 0) is 24.4 Å². The van der Waals surface area contributed by atoms with Gasteiger partial charge in [-0.1, -0.05) is 6.92 Å². The average Bonchev–Trinajstić information content (AvgIpc) is 2.63. The molecule has 0 saturated carbocycles. The summed E-state index contributed by atoms with van der Waals surface area (Å²) in [6.07, 6.45) is -17.5. The molecule has 1 aliphatic rings. The summed E-state index contributed by atoms with van der Waals surface area (Å²) in [6.45, 7) is 1.20. The van der Waals surface area contributed by atoms with E-state index < -0.39 is 64.3 Å². The number of carbonyl (C=O) groups is 1. The molecule has 2 unspecified atom stereocenters. The van der Waals surface area contributed by atoms with Crippen molar-refractivity contribution in [2.24, 2.45) is 5.92 Å². The Balaban J connectivity index is 3.00. The highest BCUT2D eigenvalue weighted by atomic mass is 32.2. The van der Waals surface area contributed by atoms with Crippen molar-refractivity contribution in [3.05, 3.63) is 0 Å². The molecule has 1 saturated heterocycles. The van der Waals surface area contributed by atoms with Crippen LogP contribution in [0.2, 0.25) is 0 Å². The summed E-state index contributed by atoms with van der Waals surface area (Å²) in [5.74, 6) is -7.54. The number of ether oxygens (including phenoxy) is 2. The molecular weight excluding hydrogens is 400 g/mol. The summed E-state index contributed by atoms with van der Waals surface area (Å²) in [6, 6.07) is 0. The van der Waals surface area contributed by atoms with Gasteiger partial charge in [0.2, 0.25) is 0 Å². The SMILES string of the molecule is CC1CC(CC(F)(F)C(F)(F)OC(F)(F)C(F)(F)S(=O)(=O)[O-])OC1=O. The van der Waals surface area contributed by atoms with Gasteiger partial charge in [0.25, 0.3) is 0 Å². The summed E-state index contributed by atoms with van der Waals surface area (Å²) >= 11 is 0. The van der Waals surface area contributed by atoms with Crippen molar-refractivity contribution < 1.29 is 62.4 Å². The van der Waals surface area contributed by atoms with Gasteiger partial charge in [0, 0.05) is 0 Å². The zero-order chi connectivity index (χ0) is 20.1. The fourth-order valence-corrected chi connectivity index (χ4v) is 2.12. The van der Waals surface area contributed by atoms with E-state index in [0.29, 0.717) is 0 Å². The van der Waals surface area contributed by atoms with Crippen LogP contribution in [0.15, 0.2) is 0 Å². The molecule has 0 aromatic carbocycles. The van der Waals surface area contributed by atoms with Crippen molar-refractivity contribution in [3.8, 4) is 0 Å². The third kappa shape index (κ3) is 4.13. The summed E-state index contributed by atoms with van der Waals surface area (Å²) < 4.78 is 141. The molecule has 0 aliphatic carbocycles. The Kier molecular flexibility index (Phi) is 5.40. The maximum atomic E-state index is 13.5. The van der Waals surface area contributed by atoms with Crippen LogP contribution in [0.25, 0.3) is 0 Å². The van der Waals surface area contributed by atoms with Crippen molar-refractivity contribution >= 4 is 16.1 Å². The summed E-state index contributed by atoms with van der Waals surface area (Å²) in [4.78, 5) is 11.0. The molecular formula is C10H9F8O6S-. The second-order valence-corrected chi connectivity index (χ2v) is 6.63. The number of hydrogen-bond acceptors (Lipinski definition) is 6. The van der Waals surface area contributed by atoms with E-state index in [1.165, 1.54) is 6.92 Å². The quantitative estimate of drug-likeness (QED) is 0.364. The first kappa shape index (κ1) is 21.8. The molecule has 0 spiro atoms. The van der Waals surface area contributed by atoms with Crippen molar-refractivity contribution in [2.75, 3.05) is 0 Å². The summed E-state index contributed by atoms with van der Waals surface area (Å²) in [5, 5.41) is -6.74. The number of hydrogen-bond donors (Lipinski definition) is 0. The molecule has 1 rings (SSSR count). The number of alkyl halides is 8. The maximum Gasteiger partial charge on any atom is 0.438 e. The summed E-state index contributed by atoms with van der Waals surface area (Å²) in [7, 11) is -7.22. The van der Waals surface area contributed by atoms with Crippen molar-refractivity contribution in [1.29, 1.82) is 0 Å². The van der Waals surface area contributed by atoms with Gasteiger partial charge in [-0.15, -0.1) is 0 Å². The molecule has 0 bridgehead atoms. The van der Waals surface area contributed by atoms with E-state index >= 15 is 0 Å². The van der Waals surface area contributed by atoms with Gasteiger partial charge in [0.05, 0.1) is 12.3 Å². The van der Waals surface area contributed by atoms with E-state index in [-0.39, 0.29) is 0 Å². The van der Waals surface area contributed by atoms with Crippen LogP contribution in [0.3, 0.4) is 0 Å². The van der Waals surface area contributed by atoms with Gasteiger partial charge >= 0.3 is 29.4 Å². The number of rotatable bonds is 7. The Morgan fingerprint density at radius 3 is 1.96 bits per heavy atom. The monoisotopic (exact) mass is 409 g/mol. The van der Waals surface area contributed by atoms with Crippen molar-refractivity contribution in [1.82, 2.24) is 0 Å². The van der Waals surface area contributed by atoms with Crippen LogP contribution in [0, 0.1) is 5.92 Å². The van der Waals surface area contributed by atoms with Gasteiger partial charge in [-0.3, -0.25) is 4.79 Å². The fraction of sp³-hybridized carbons (Fsp3) is 0.900. The zero-order valence-corrected chi connectivity index (χ0v) is 12.8. The first-order valence-electron chi connectivity index (χ1n) is 6.21. The zero-order valence-electron chi connectivity index (χ0n) is 12.0. The van der Waals surface area contributed by atoms with Gasteiger partial charge in [-0.05, 0) is 6.42 Å². The van der Waals surface area contributed by atoms with E-state index in [2.05, 4.69) is 9.47 Å². The Bertz CT molecular complexity index is 633. The Labute approximate surface area is 134 Å². The van der Waals surface area contributed by atoms with Crippen molar-refractivity contribution in [2.45, 2.75) is 49.3 Å². The molecule has 0 radical (unpaired) electrons. The molecule has 15 heteroatoms. The number of carbonyl (C=O) groups excluding carboxylic acids is 1. The van der Waals surface area contributed by atoms with Crippen LogP contribution >= 0.6 is 0 Å². The van der Waals surface area contributed by atoms with Gasteiger partial charge in [-0.2, -0.15) is 35.1 Å². The minimum absolute atomic E-state index is 0.480.